The summed E-state index contributed by atoms with van der Waals surface area (Å²) >= 11 is 0. The van der Waals surface area contributed by atoms with Crippen molar-refractivity contribution in [2.75, 3.05) is 24.6 Å². The molecule has 0 atom stereocenters. The third-order valence-electron chi connectivity index (χ3n) is 2.18. The van der Waals surface area contributed by atoms with E-state index in [4.69, 9.17) is 11.0 Å². The molecule has 80 valence electrons. The van der Waals surface area contributed by atoms with Gasteiger partial charge < -0.3 is 15.6 Å². The molecule has 0 bridgehead atoms. The molecular formula is C10H15N5. The van der Waals surface area contributed by atoms with Gasteiger partial charge in [0.15, 0.2) is 0 Å². The third kappa shape index (κ3) is 1.94. The molecule has 5 nitrogen and oxygen atoms in total. The molecule has 0 aromatic carbocycles. The van der Waals surface area contributed by atoms with Crippen LogP contribution in [-0.2, 0) is 7.05 Å². The number of rotatable bonds is 2. The van der Waals surface area contributed by atoms with Crippen molar-refractivity contribution < 1.29 is 0 Å². The van der Waals surface area contributed by atoms with Crippen LogP contribution in [0, 0.1) is 11.3 Å². The molecule has 0 aliphatic rings. The van der Waals surface area contributed by atoms with Gasteiger partial charge in [-0.1, -0.05) is 0 Å². The summed E-state index contributed by atoms with van der Waals surface area (Å²) in [6.45, 7) is 2.54. The molecule has 0 saturated heterocycles. The fourth-order valence-electron chi connectivity index (χ4n) is 1.37. The zero-order valence-electron chi connectivity index (χ0n) is 9.20. The highest BCUT2D eigenvalue weighted by Gasteiger charge is 2.07. The first-order chi connectivity index (χ1) is 7.15. The van der Waals surface area contributed by atoms with E-state index in [1.54, 1.807) is 24.7 Å². The Balaban J connectivity index is 3.67. The molecule has 0 amide bonds. The van der Waals surface area contributed by atoms with E-state index in [1.807, 2.05) is 6.92 Å². The molecule has 0 radical (unpaired) electrons. The van der Waals surface area contributed by atoms with E-state index in [9.17, 15) is 0 Å². The Hall–Kier alpha value is -1.96. The number of nitrogens with one attached hydrogen (secondary N) is 1. The third-order valence-corrected chi connectivity index (χ3v) is 2.18. The second kappa shape index (κ2) is 4.51. The van der Waals surface area contributed by atoms with E-state index in [0.717, 1.165) is 0 Å². The number of nitrogen functional groups attached to an aromatic ring is 1. The van der Waals surface area contributed by atoms with Gasteiger partial charge in [0.2, 0.25) is 0 Å². The molecule has 0 saturated carbocycles. The minimum atomic E-state index is 0.524. The first-order valence-electron chi connectivity index (χ1n) is 4.73. The number of pyridine rings is 1. The SMILES string of the molecule is CCN=c1c(C#N)c(NC)cc(N)n1C. The largest absolute Gasteiger partial charge is 0.387 e. The van der Waals surface area contributed by atoms with Crippen LogP contribution in [0.1, 0.15) is 12.5 Å². The maximum atomic E-state index is 9.07. The van der Waals surface area contributed by atoms with E-state index in [2.05, 4.69) is 16.4 Å². The van der Waals surface area contributed by atoms with Crippen molar-refractivity contribution in [3.05, 3.63) is 17.1 Å². The number of nitrogens with zero attached hydrogens (tertiary/aromatic N) is 3. The second-order valence-electron chi connectivity index (χ2n) is 3.08. The van der Waals surface area contributed by atoms with Gasteiger partial charge in [0.1, 0.15) is 22.9 Å². The lowest BCUT2D eigenvalue weighted by atomic mass is 10.2. The molecule has 0 fully saturated rings. The molecule has 5 heteroatoms. The zero-order chi connectivity index (χ0) is 11.4. The first kappa shape index (κ1) is 11.1. The van der Waals surface area contributed by atoms with Gasteiger partial charge in [0.25, 0.3) is 0 Å². The molecule has 0 unspecified atom stereocenters. The standard InChI is InChI=1S/C10H15N5/c1-4-14-10-7(6-11)8(13-2)5-9(12)15(10)3/h5,13H,4,12H2,1-3H3. The van der Waals surface area contributed by atoms with Gasteiger partial charge in [-0.25, -0.2) is 0 Å². The van der Waals surface area contributed by atoms with Crippen molar-refractivity contribution in [2.24, 2.45) is 12.0 Å². The summed E-state index contributed by atoms with van der Waals surface area (Å²) in [6.07, 6.45) is 0. The maximum Gasteiger partial charge on any atom is 0.149 e. The Kier molecular flexibility index (Phi) is 3.34. The molecule has 0 aliphatic heterocycles. The van der Waals surface area contributed by atoms with Gasteiger partial charge in [-0.15, -0.1) is 0 Å². The number of nitrogens with two attached hydrogens (primary N) is 1. The first-order valence-corrected chi connectivity index (χ1v) is 4.73. The summed E-state index contributed by atoms with van der Waals surface area (Å²) in [7, 11) is 3.55. The van der Waals surface area contributed by atoms with E-state index in [0.29, 0.717) is 29.1 Å². The monoisotopic (exact) mass is 205 g/mol. The Morgan fingerprint density at radius 1 is 1.67 bits per heavy atom. The lowest BCUT2D eigenvalue weighted by molar-refractivity contribution is 0.819. The van der Waals surface area contributed by atoms with Gasteiger partial charge in [-0.2, -0.15) is 5.26 Å². The lowest BCUT2D eigenvalue weighted by Gasteiger charge is -2.10. The van der Waals surface area contributed by atoms with E-state index in [-0.39, 0.29) is 0 Å². The van der Waals surface area contributed by atoms with Crippen LogP contribution in [0.2, 0.25) is 0 Å². The predicted octanol–water partition coefficient (Wildman–Crippen LogP) is 0.441. The summed E-state index contributed by atoms with van der Waals surface area (Å²) in [4.78, 5) is 4.27. The quantitative estimate of drug-likeness (QED) is 0.735. The fourth-order valence-corrected chi connectivity index (χ4v) is 1.37. The summed E-state index contributed by atoms with van der Waals surface area (Å²) in [5.41, 5.74) is 7.65. The van der Waals surface area contributed by atoms with E-state index in [1.165, 1.54) is 0 Å². The van der Waals surface area contributed by atoms with Crippen LogP contribution < -0.4 is 16.5 Å². The number of hydrogen-bond acceptors (Lipinski definition) is 4. The number of nitriles is 1. The Morgan fingerprint density at radius 3 is 2.80 bits per heavy atom. The van der Waals surface area contributed by atoms with E-state index >= 15 is 0 Å². The molecule has 1 rings (SSSR count). The number of anilines is 2. The molecular weight excluding hydrogens is 190 g/mol. The summed E-state index contributed by atoms with van der Waals surface area (Å²) < 4.78 is 1.71. The highest BCUT2D eigenvalue weighted by molar-refractivity contribution is 5.60. The minimum absolute atomic E-state index is 0.524. The minimum Gasteiger partial charge on any atom is -0.387 e. The van der Waals surface area contributed by atoms with Gasteiger partial charge >= 0.3 is 0 Å². The average molecular weight is 205 g/mol. The Morgan fingerprint density at radius 2 is 2.33 bits per heavy atom. The number of hydrogen-bond donors (Lipinski definition) is 2. The molecule has 1 aromatic heterocycles. The molecule has 0 aliphatic carbocycles. The van der Waals surface area contributed by atoms with Crippen LogP contribution in [0.15, 0.2) is 11.1 Å². The summed E-state index contributed by atoms with van der Waals surface area (Å²) in [5.74, 6) is 0.575. The highest BCUT2D eigenvalue weighted by Crippen LogP contribution is 2.13. The van der Waals surface area contributed by atoms with Gasteiger partial charge in [-0.05, 0) is 6.92 Å². The normalized spacial score (nSPS) is 11.2. The zero-order valence-corrected chi connectivity index (χ0v) is 9.20. The topological polar surface area (TPSA) is 79.1 Å². The van der Waals surface area contributed by atoms with Crippen molar-refractivity contribution in [2.45, 2.75) is 6.92 Å². The van der Waals surface area contributed by atoms with Crippen molar-refractivity contribution in [3.8, 4) is 6.07 Å². The van der Waals surface area contributed by atoms with Gasteiger partial charge in [-0.3, -0.25) is 4.99 Å². The van der Waals surface area contributed by atoms with Crippen LogP contribution in [-0.4, -0.2) is 18.2 Å². The van der Waals surface area contributed by atoms with Crippen molar-refractivity contribution in [1.82, 2.24) is 4.57 Å². The van der Waals surface area contributed by atoms with E-state index < -0.39 is 0 Å². The summed E-state index contributed by atoms with van der Waals surface area (Å²) in [5, 5.41) is 12.0. The predicted molar refractivity (Wildman–Crippen MR) is 60.2 cm³/mol. The molecule has 0 spiro atoms. The fraction of sp³-hybridized carbons (Fsp3) is 0.400. The maximum absolute atomic E-state index is 9.07. The molecule has 3 N–H and O–H groups in total. The van der Waals surface area contributed by atoms with Gasteiger partial charge in [0.05, 0.1) is 5.69 Å². The van der Waals surface area contributed by atoms with Crippen molar-refractivity contribution in [1.29, 1.82) is 5.26 Å². The van der Waals surface area contributed by atoms with Crippen LogP contribution in [0.4, 0.5) is 11.5 Å². The van der Waals surface area contributed by atoms with Gasteiger partial charge in [0, 0.05) is 26.7 Å². The van der Waals surface area contributed by atoms with Crippen LogP contribution in [0.5, 0.6) is 0 Å². The Labute approximate surface area is 88.9 Å². The summed E-state index contributed by atoms with van der Waals surface area (Å²) in [6, 6.07) is 3.86. The molecule has 1 aromatic rings. The van der Waals surface area contributed by atoms with Crippen molar-refractivity contribution in [3.63, 3.8) is 0 Å². The van der Waals surface area contributed by atoms with Crippen LogP contribution in [0.3, 0.4) is 0 Å². The second-order valence-corrected chi connectivity index (χ2v) is 3.08. The molecule has 15 heavy (non-hydrogen) atoms. The highest BCUT2D eigenvalue weighted by atomic mass is 15.1. The number of aromatic nitrogens is 1. The lowest BCUT2D eigenvalue weighted by Crippen LogP contribution is -2.25. The van der Waals surface area contributed by atoms with Crippen LogP contribution >= 0.6 is 0 Å². The smallest absolute Gasteiger partial charge is 0.149 e. The van der Waals surface area contributed by atoms with Crippen LogP contribution in [0.25, 0.3) is 0 Å². The molecule has 1 heterocycles. The van der Waals surface area contributed by atoms with Crippen molar-refractivity contribution >= 4 is 11.5 Å². The average Bonchev–Trinajstić information content (AvgIpc) is 2.24. The Bertz CT molecular complexity index is 464.